The summed E-state index contributed by atoms with van der Waals surface area (Å²) in [7, 11) is -3.62. The molecule has 0 radical (unpaired) electrons. The highest BCUT2D eigenvalue weighted by Crippen LogP contribution is 2.12. The lowest BCUT2D eigenvalue weighted by Gasteiger charge is -2.22. The van der Waals surface area contributed by atoms with E-state index in [4.69, 9.17) is 9.47 Å². The largest absolute Gasteiger partial charge is 0.456 e. The monoisotopic (exact) mass is 353 g/mol. The number of carbonyl (C=O) groups excluding carboxylic acids is 2. The van der Waals surface area contributed by atoms with Gasteiger partial charge in [-0.2, -0.15) is 0 Å². The van der Waals surface area contributed by atoms with E-state index in [0.717, 1.165) is 5.56 Å². The van der Waals surface area contributed by atoms with Gasteiger partial charge in [0.15, 0.2) is 15.9 Å². The van der Waals surface area contributed by atoms with Gasteiger partial charge in [0.1, 0.15) is 12.0 Å². The number of rotatable bonds is 5. The highest BCUT2D eigenvalue weighted by Gasteiger charge is 2.25. The molecule has 1 aliphatic heterocycles. The molecule has 1 heterocycles. The van der Waals surface area contributed by atoms with Gasteiger partial charge in [0.05, 0.1) is 11.5 Å². The predicted octanol–water partition coefficient (Wildman–Crippen LogP) is 0.729. The van der Waals surface area contributed by atoms with Crippen LogP contribution in [0.2, 0.25) is 0 Å². The maximum absolute atomic E-state index is 12.2. The molecule has 0 saturated carbocycles. The first-order valence-electron chi connectivity index (χ1n) is 7.32. The Morgan fingerprint density at radius 2 is 1.92 bits per heavy atom. The van der Waals surface area contributed by atoms with Crippen molar-refractivity contribution in [2.24, 2.45) is 0 Å². The smallest absolute Gasteiger partial charge is 0.303 e. The number of nitrogens with one attached hydrogen (secondary N) is 1. The average Bonchev–Trinajstić information content (AvgIpc) is 2.53. The fourth-order valence-electron chi connectivity index (χ4n) is 2.08. The molecule has 2 rings (SSSR count). The lowest BCUT2D eigenvalue weighted by molar-refractivity contribution is -0.149. The van der Waals surface area contributed by atoms with Gasteiger partial charge in [-0.15, -0.1) is 0 Å². The zero-order valence-electron chi connectivity index (χ0n) is 13.4. The van der Waals surface area contributed by atoms with E-state index >= 15 is 0 Å². The Hall–Kier alpha value is -2.19. The molecule has 1 aromatic carbocycles. The normalized spacial score (nSPS) is 20.4. The van der Waals surface area contributed by atoms with E-state index in [2.05, 4.69) is 5.32 Å². The van der Waals surface area contributed by atoms with Crippen LogP contribution in [-0.4, -0.2) is 45.0 Å². The quantitative estimate of drug-likeness (QED) is 0.619. The lowest BCUT2D eigenvalue weighted by Crippen LogP contribution is -2.41. The van der Waals surface area contributed by atoms with Gasteiger partial charge in [0.2, 0.25) is 0 Å². The molecule has 1 aromatic rings. The van der Waals surface area contributed by atoms with Gasteiger partial charge in [0.25, 0.3) is 5.91 Å². The molecule has 130 valence electrons. The summed E-state index contributed by atoms with van der Waals surface area (Å²) in [4.78, 5) is 23.0. The van der Waals surface area contributed by atoms with Crippen molar-refractivity contribution in [3.05, 3.63) is 42.0 Å². The summed E-state index contributed by atoms with van der Waals surface area (Å²) in [6.45, 7) is 3.18. The van der Waals surface area contributed by atoms with E-state index < -0.39 is 39.8 Å². The third kappa shape index (κ3) is 4.90. The van der Waals surface area contributed by atoms with Crippen LogP contribution in [0.3, 0.4) is 0 Å². The fourth-order valence-corrected chi connectivity index (χ4v) is 3.13. The highest BCUT2D eigenvalue weighted by molar-refractivity contribution is 7.91. The highest BCUT2D eigenvalue weighted by atomic mass is 32.2. The minimum Gasteiger partial charge on any atom is -0.456 e. The van der Waals surface area contributed by atoms with Crippen molar-refractivity contribution in [3.63, 3.8) is 0 Å². The molecule has 1 N–H and O–H groups in total. The van der Waals surface area contributed by atoms with Crippen molar-refractivity contribution in [1.29, 1.82) is 0 Å². The van der Waals surface area contributed by atoms with Gasteiger partial charge in [-0.05, 0) is 31.2 Å². The molecule has 1 unspecified atom stereocenters. The predicted molar refractivity (Wildman–Crippen MR) is 85.8 cm³/mol. The molecule has 7 nitrogen and oxygen atoms in total. The Balaban J connectivity index is 1.91. The lowest BCUT2D eigenvalue weighted by atomic mass is 10.2. The number of ether oxygens (including phenoxy) is 2. The first-order chi connectivity index (χ1) is 11.3. The second-order valence-corrected chi connectivity index (χ2v) is 7.39. The maximum Gasteiger partial charge on any atom is 0.303 e. The summed E-state index contributed by atoms with van der Waals surface area (Å²) in [6.07, 6.45) is 1.53. The summed E-state index contributed by atoms with van der Waals surface area (Å²) in [6, 6.07) is 6.38. The first-order valence-corrected chi connectivity index (χ1v) is 8.97. The third-order valence-electron chi connectivity index (χ3n) is 3.33. The summed E-state index contributed by atoms with van der Waals surface area (Å²) < 4.78 is 34.5. The standard InChI is InChI=1S/C16H19NO6S/c1-11-3-6-14(7-4-11)24(20,21)10-17-16(19)15-8-5-13(9-22-15)23-12(2)18/h3-8,13,15H,9-10H2,1-2H3,(H,17,19)/t13-,15?/m1/s1. The molecule has 0 spiro atoms. The number of hydrogen-bond donors (Lipinski definition) is 1. The zero-order valence-corrected chi connectivity index (χ0v) is 14.2. The molecule has 8 heteroatoms. The van der Waals surface area contributed by atoms with Crippen LogP contribution < -0.4 is 5.32 Å². The molecular weight excluding hydrogens is 334 g/mol. The topological polar surface area (TPSA) is 98.8 Å². The number of carbonyl (C=O) groups is 2. The van der Waals surface area contributed by atoms with Crippen molar-refractivity contribution in [3.8, 4) is 0 Å². The number of esters is 1. The molecule has 24 heavy (non-hydrogen) atoms. The summed E-state index contributed by atoms with van der Waals surface area (Å²) in [5.41, 5.74) is 0.945. The molecule has 0 aromatic heterocycles. The number of benzene rings is 1. The average molecular weight is 353 g/mol. The maximum atomic E-state index is 12.2. The Kier molecular flexibility index (Phi) is 5.74. The molecule has 0 fully saturated rings. The Labute approximate surface area is 140 Å². The van der Waals surface area contributed by atoms with Gasteiger partial charge in [0, 0.05) is 6.92 Å². The van der Waals surface area contributed by atoms with Crippen molar-refractivity contribution in [1.82, 2.24) is 5.32 Å². The summed E-state index contributed by atoms with van der Waals surface area (Å²) in [5.74, 6) is -1.53. The molecular formula is C16H19NO6S. The van der Waals surface area contributed by atoms with Gasteiger partial charge in [-0.1, -0.05) is 17.7 Å². The van der Waals surface area contributed by atoms with Crippen LogP contribution in [0.4, 0.5) is 0 Å². The van der Waals surface area contributed by atoms with Crippen LogP contribution in [0.1, 0.15) is 12.5 Å². The van der Waals surface area contributed by atoms with Gasteiger partial charge < -0.3 is 14.8 Å². The molecule has 0 bridgehead atoms. The van der Waals surface area contributed by atoms with Crippen molar-refractivity contribution >= 4 is 21.7 Å². The van der Waals surface area contributed by atoms with Crippen LogP contribution >= 0.6 is 0 Å². The van der Waals surface area contributed by atoms with Crippen LogP contribution in [0, 0.1) is 6.92 Å². The van der Waals surface area contributed by atoms with E-state index in [0.29, 0.717) is 0 Å². The molecule has 0 aliphatic carbocycles. The minimum atomic E-state index is -3.62. The van der Waals surface area contributed by atoms with Crippen LogP contribution in [-0.2, 0) is 28.9 Å². The van der Waals surface area contributed by atoms with E-state index in [-0.39, 0.29) is 11.5 Å². The van der Waals surface area contributed by atoms with Gasteiger partial charge in [-0.3, -0.25) is 9.59 Å². The second kappa shape index (κ2) is 7.59. The molecule has 1 aliphatic rings. The Bertz CT molecular complexity index is 738. The Morgan fingerprint density at radius 1 is 1.25 bits per heavy atom. The van der Waals surface area contributed by atoms with E-state index in [1.807, 2.05) is 6.92 Å². The van der Waals surface area contributed by atoms with Gasteiger partial charge in [-0.25, -0.2) is 8.42 Å². The number of aryl methyl sites for hydroxylation is 1. The number of sulfone groups is 1. The van der Waals surface area contributed by atoms with Crippen molar-refractivity contribution in [2.45, 2.75) is 31.0 Å². The third-order valence-corrected chi connectivity index (χ3v) is 4.85. The van der Waals surface area contributed by atoms with Gasteiger partial charge >= 0.3 is 5.97 Å². The summed E-state index contributed by atoms with van der Waals surface area (Å²) >= 11 is 0. The van der Waals surface area contributed by atoms with Crippen LogP contribution in [0.15, 0.2) is 41.3 Å². The van der Waals surface area contributed by atoms with Crippen LogP contribution in [0.5, 0.6) is 0 Å². The Morgan fingerprint density at radius 3 is 2.46 bits per heavy atom. The molecule has 0 saturated heterocycles. The van der Waals surface area contributed by atoms with Crippen molar-refractivity contribution in [2.75, 3.05) is 12.5 Å². The fraction of sp³-hybridized carbons (Fsp3) is 0.375. The van der Waals surface area contributed by atoms with E-state index in [1.165, 1.54) is 25.1 Å². The number of hydrogen-bond acceptors (Lipinski definition) is 6. The first kappa shape index (κ1) is 18.2. The summed E-state index contributed by atoms with van der Waals surface area (Å²) in [5, 5.41) is 2.35. The van der Waals surface area contributed by atoms with E-state index in [9.17, 15) is 18.0 Å². The van der Waals surface area contributed by atoms with E-state index in [1.54, 1.807) is 18.2 Å². The SMILES string of the molecule is CC(=O)O[C@@H]1C=CC(C(=O)NCS(=O)(=O)c2ccc(C)cc2)OC1. The zero-order chi connectivity index (χ0) is 17.7. The molecule has 1 amide bonds. The molecule has 2 atom stereocenters. The van der Waals surface area contributed by atoms with Crippen molar-refractivity contribution < 1.29 is 27.5 Å². The second-order valence-electron chi connectivity index (χ2n) is 5.40. The minimum absolute atomic E-state index is 0.0406. The number of amides is 1. The van der Waals surface area contributed by atoms with Crippen LogP contribution in [0.25, 0.3) is 0 Å².